The van der Waals surface area contributed by atoms with Gasteiger partial charge in [0.2, 0.25) is 0 Å². The first-order chi connectivity index (χ1) is 9.76. The van der Waals surface area contributed by atoms with Crippen LogP contribution in [0.3, 0.4) is 0 Å². The molecule has 1 atom stereocenters. The van der Waals surface area contributed by atoms with Crippen LogP contribution in [0.1, 0.15) is 23.6 Å². The monoisotopic (exact) mass is 292 g/mol. The van der Waals surface area contributed by atoms with E-state index in [0.717, 1.165) is 17.7 Å². The van der Waals surface area contributed by atoms with E-state index in [1.54, 1.807) is 19.4 Å². The second-order valence-corrected chi connectivity index (χ2v) is 5.44. The number of benzene rings is 2. The van der Waals surface area contributed by atoms with Crippen LogP contribution in [0.25, 0.3) is 0 Å². The molecule has 0 bridgehead atoms. The summed E-state index contributed by atoms with van der Waals surface area (Å²) in [6.45, 7) is 1.81. The normalized spacial score (nSPS) is 14.7. The van der Waals surface area contributed by atoms with Crippen molar-refractivity contribution in [1.82, 2.24) is 0 Å². The molecule has 2 N–H and O–H groups in total. The maximum atomic E-state index is 12.7. The second-order valence-electron chi connectivity index (χ2n) is 5.44. The Balaban J connectivity index is 2.13. The summed E-state index contributed by atoms with van der Waals surface area (Å²) in [6.07, 6.45) is -2.10. The van der Waals surface area contributed by atoms with E-state index in [4.69, 9.17) is 5.73 Å². The van der Waals surface area contributed by atoms with Crippen LogP contribution in [0.5, 0.6) is 0 Å². The second kappa shape index (κ2) is 5.90. The van der Waals surface area contributed by atoms with E-state index in [2.05, 4.69) is 0 Å². The molecule has 1 unspecified atom stereocenters. The first-order valence-electron chi connectivity index (χ1n) is 6.62. The molecular weight excluding hydrogens is 275 g/mol. The molecule has 0 spiro atoms. The van der Waals surface area contributed by atoms with Crippen molar-refractivity contribution >= 4 is 0 Å². The van der Waals surface area contributed by atoms with Gasteiger partial charge in [-0.2, -0.15) is 13.2 Å². The maximum Gasteiger partial charge on any atom is 0.416 e. The maximum absolute atomic E-state index is 12.7. The number of alkyl halides is 3. The van der Waals surface area contributed by atoms with Crippen molar-refractivity contribution in [3.63, 3.8) is 0 Å². The quantitative estimate of drug-likeness (QED) is 0.897. The Bertz CT molecular complexity index is 588. The molecule has 0 saturated heterocycles. The van der Waals surface area contributed by atoms with Gasteiger partial charge in [-0.3, -0.25) is 0 Å². The van der Waals surface area contributed by atoms with Crippen molar-refractivity contribution in [2.24, 2.45) is 5.73 Å². The van der Waals surface area contributed by atoms with Gasteiger partial charge in [-0.05, 0) is 30.5 Å². The Kier molecular flexibility index (Phi) is 4.37. The summed E-state index contributed by atoms with van der Waals surface area (Å²) in [4.78, 5) is 0. The minimum atomic E-state index is -4.34. The zero-order chi connectivity index (χ0) is 15.5. The third kappa shape index (κ3) is 4.60. The van der Waals surface area contributed by atoms with Gasteiger partial charge in [0.15, 0.2) is 0 Å². The highest BCUT2D eigenvalue weighted by Gasteiger charge is 2.31. The van der Waals surface area contributed by atoms with E-state index in [1.807, 2.05) is 30.3 Å². The van der Waals surface area contributed by atoms with E-state index >= 15 is 0 Å². The third-order valence-electron chi connectivity index (χ3n) is 3.14. The molecule has 0 aromatic heterocycles. The first kappa shape index (κ1) is 15.6. The fourth-order valence-electron chi connectivity index (χ4n) is 2.27. The molecule has 4 heteroatoms. The van der Waals surface area contributed by atoms with Gasteiger partial charge in [0.05, 0.1) is 5.56 Å². The van der Waals surface area contributed by atoms with E-state index in [9.17, 15) is 13.2 Å². The lowest BCUT2D eigenvalue weighted by atomic mass is 9.87. The van der Waals surface area contributed by atoms with Crippen molar-refractivity contribution in [2.75, 3.05) is 0 Å². The van der Waals surface area contributed by atoms with Gasteiger partial charge in [0.25, 0.3) is 0 Å². The number of nitrogens with two attached hydrogens (primary N) is 1. The van der Waals surface area contributed by atoms with Gasteiger partial charge in [-0.1, -0.05) is 48.5 Å². The van der Waals surface area contributed by atoms with Crippen LogP contribution in [0.15, 0.2) is 54.6 Å². The average molecular weight is 292 g/mol. The lowest BCUT2D eigenvalue weighted by Gasteiger charge is -2.25. The van der Waals surface area contributed by atoms with Crippen molar-refractivity contribution in [3.05, 3.63) is 77.7 Å². The fourth-order valence-corrected chi connectivity index (χ4v) is 2.27. The smallest absolute Gasteiger partial charge is 0.324 e. The molecule has 2 aromatic carbocycles. The Morgan fingerprint density at radius 2 is 1.67 bits per heavy atom. The zero-order valence-corrected chi connectivity index (χ0v) is 11.7. The van der Waals surface area contributed by atoms with Crippen molar-refractivity contribution < 1.29 is 13.2 Å². The van der Waals surface area contributed by atoms with Gasteiger partial charge in [0, 0.05) is 12.0 Å². The third-order valence-corrected chi connectivity index (χ3v) is 3.14. The predicted octanol–water partition coefficient (Wildman–Crippen LogP) is 4.22. The highest BCUT2D eigenvalue weighted by molar-refractivity contribution is 5.34. The molecule has 0 aliphatic carbocycles. The molecule has 0 aliphatic heterocycles. The fraction of sp³-hybridized carbons (Fsp3) is 0.235. The van der Waals surface area contributed by atoms with Crippen LogP contribution < -0.4 is 5.73 Å². The van der Waals surface area contributed by atoms with E-state index < -0.39 is 17.3 Å². The highest BCUT2D eigenvalue weighted by atomic mass is 19.4. The molecule has 0 aliphatic rings. The van der Waals surface area contributed by atoms with Gasteiger partial charge in [-0.15, -0.1) is 0 Å². The van der Waals surface area contributed by atoms with Crippen LogP contribution in [0, 0.1) is 6.42 Å². The van der Waals surface area contributed by atoms with Crippen LogP contribution in [0.4, 0.5) is 13.2 Å². The molecule has 0 fully saturated rings. The number of hydrogen-bond acceptors (Lipinski definition) is 1. The Morgan fingerprint density at radius 3 is 2.29 bits per heavy atom. The average Bonchev–Trinajstić information content (AvgIpc) is 2.38. The lowest BCUT2D eigenvalue weighted by Crippen LogP contribution is -2.39. The topological polar surface area (TPSA) is 26.0 Å². The summed E-state index contributed by atoms with van der Waals surface area (Å²) in [7, 11) is 0. The van der Waals surface area contributed by atoms with Crippen LogP contribution in [0.2, 0.25) is 0 Å². The van der Waals surface area contributed by atoms with Gasteiger partial charge in [0.1, 0.15) is 0 Å². The molecule has 0 heterocycles. The van der Waals surface area contributed by atoms with E-state index in [1.165, 1.54) is 6.07 Å². The minimum absolute atomic E-state index is 0.478. The Labute approximate surface area is 122 Å². The summed E-state index contributed by atoms with van der Waals surface area (Å²) in [5.74, 6) is 0. The van der Waals surface area contributed by atoms with Gasteiger partial charge >= 0.3 is 6.18 Å². The van der Waals surface area contributed by atoms with E-state index in [0.29, 0.717) is 12.0 Å². The molecule has 0 saturated carbocycles. The lowest BCUT2D eigenvalue weighted by molar-refractivity contribution is -0.137. The Morgan fingerprint density at radius 1 is 1.00 bits per heavy atom. The van der Waals surface area contributed by atoms with Gasteiger partial charge in [-0.25, -0.2) is 0 Å². The molecule has 2 aromatic rings. The highest BCUT2D eigenvalue weighted by Crippen LogP contribution is 2.30. The summed E-state index contributed by atoms with van der Waals surface area (Å²) >= 11 is 0. The molecule has 21 heavy (non-hydrogen) atoms. The summed E-state index contributed by atoms with van der Waals surface area (Å²) < 4.78 is 38.1. The van der Waals surface area contributed by atoms with Crippen molar-refractivity contribution in [3.8, 4) is 0 Å². The zero-order valence-electron chi connectivity index (χ0n) is 11.7. The predicted molar refractivity (Wildman–Crippen MR) is 77.6 cm³/mol. The number of rotatable bonds is 4. The standard InChI is InChI=1S/C17H17F3N/c1-16(21,11-13-6-3-2-4-7-13)12-14-8-5-9-15(10-14)17(18,19)20/h2-10,12H,11,21H2,1H3. The summed E-state index contributed by atoms with van der Waals surface area (Å²) in [5, 5.41) is 0. The van der Waals surface area contributed by atoms with Crippen molar-refractivity contribution in [1.29, 1.82) is 0 Å². The molecule has 1 radical (unpaired) electrons. The minimum Gasteiger partial charge on any atom is -0.324 e. The molecule has 0 amide bonds. The first-order valence-corrected chi connectivity index (χ1v) is 6.62. The van der Waals surface area contributed by atoms with Gasteiger partial charge < -0.3 is 5.73 Å². The summed E-state index contributed by atoms with van der Waals surface area (Å²) in [6, 6.07) is 14.8. The Hall–Kier alpha value is -1.81. The van der Waals surface area contributed by atoms with E-state index in [-0.39, 0.29) is 0 Å². The molecule has 2 rings (SSSR count). The number of halogens is 3. The SMILES string of the molecule is CC(N)([CH]c1cccc(C(F)(F)F)c1)Cc1ccccc1. The van der Waals surface area contributed by atoms with Crippen molar-refractivity contribution in [2.45, 2.75) is 25.1 Å². The molecule has 111 valence electrons. The van der Waals surface area contributed by atoms with Crippen LogP contribution in [-0.4, -0.2) is 5.54 Å². The van der Waals surface area contributed by atoms with Crippen LogP contribution in [-0.2, 0) is 12.6 Å². The summed E-state index contributed by atoms with van der Waals surface area (Å²) in [5.41, 5.74) is 6.35. The number of hydrogen-bond donors (Lipinski definition) is 1. The molecule has 1 nitrogen and oxygen atoms in total. The molecular formula is C17H17F3N. The van der Waals surface area contributed by atoms with Crippen LogP contribution >= 0.6 is 0 Å². The largest absolute Gasteiger partial charge is 0.416 e.